The minimum atomic E-state index is -0.546. The quantitative estimate of drug-likeness (QED) is 0.485. The van der Waals surface area contributed by atoms with Crippen molar-refractivity contribution in [3.8, 4) is 5.75 Å². The van der Waals surface area contributed by atoms with Crippen molar-refractivity contribution in [2.45, 2.75) is 24.0 Å². The number of amides is 1. The van der Waals surface area contributed by atoms with Crippen molar-refractivity contribution in [3.63, 3.8) is 0 Å². The van der Waals surface area contributed by atoms with Gasteiger partial charge in [-0.1, -0.05) is 17.7 Å². The highest BCUT2D eigenvalue weighted by molar-refractivity contribution is 8.00. The van der Waals surface area contributed by atoms with Crippen LogP contribution in [-0.2, 0) is 4.79 Å². The van der Waals surface area contributed by atoms with Crippen molar-refractivity contribution in [1.29, 1.82) is 0 Å². The number of nitro groups is 1. The summed E-state index contributed by atoms with van der Waals surface area (Å²) in [6.45, 7) is 3.75. The number of carbonyl (C=O) groups excluding carboxylic acids is 1. The topological polar surface area (TPSA) is 81.5 Å². The zero-order valence-corrected chi connectivity index (χ0v) is 14.4. The fourth-order valence-electron chi connectivity index (χ4n) is 2.00. The summed E-state index contributed by atoms with van der Waals surface area (Å²) in [4.78, 5) is 23.9. The van der Waals surface area contributed by atoms with Crippen LogP contribution in [0.2, 0.25) is 0 Å². The van der Waals surface area contributed by atoms with Gasteiger partial charge in [-0.05, 0) is 38.1 Å². The molecule has 0 spiro atoms. The Morgan fingerprint density at radius 2 is 1.92 bits per heavy atom. The van der Waals surface area contributed by atoms with Gasteiger partial charge in [-0.3, -0.25) is 14.9 Å². The molecule has 0 saturated carbocycles. The number of anilines is 1. The highest BCUT2D eigenvalue weighted by Gasteiger charge is 2.20. The van der Waals surface area contributed by atoms with E-state index >= 15 is 0 Å². The third kappa shape index (κ3) is 4.48. The van der Waals surface area contributed by atoms with E-state index < -0.39 is 10.2 Å². The van der Waals surface area contributed by atoms with Crippen LogP contribution in [0.5, 0.6) is 5.75 Å². The van der Waals surface area contributed by atoms with Gasteiger partial charge < -0.3 is 10.1 Å². The lowest BCUT2D eigenvalue weighted by Gasteiger charge is -2.13. The monoisotopic (exact) mass is 346 g/mol. The van der Waals surface area contributed by atoms with Crippen LogP contribution in [0.1, 0.15) is 12.5 Å². The van der Waals surface area contributed by atoms with Gasteiger partial charge in [0.2, 0.25) is 5.91 Å². The second-order valence-corrected chi connectivity index (χ2v) is 6.62. The van der Waals surface area contributed by atoms with Gasteiger partial charge in [0.15, 0.2) is 0 Å². The smallest absolute Gasteiger partial charge is 0.296 e. The summed E-state index contributed by atoms with van der Waals surface area (Å²) in [5.41, 5.74) is 1.10. The van der Waals surface area contributed by atoms with E-state index in [0.717, 1.165) is 10.5 Å². The third-order valence-corrected chi connectivity index (χ3v) is 4.47. The minimum Gasteiger partial charge on any atom is -0.496 e. The second-order valence-electron chi connectivity index (χ2n) is 5.20. The number of benzene rings is 2. The van der Waals surface area contributed by atoms with Gasteiger partial charge in [0.05, 0.1) is 23.3 Å². The molecule has 2 rings (SSSR count). The molecule has 0 radical (unpaired) electrons. The van der Waals surface area contributed by atoms with E-state index in [1.165, 1.54) is 31.0 Å². The number of methoxy groups -OCH3 is 1. The van der Waals surface area contributed by atoms with Crippen LogP contribution in [0.25, 0.3) is 0 Å². The van der Waals surface area contributed by atoms with Gasteiger partial charge in [0.1, 0.15) is 11.4 Å². The highest BCUT2D eigenvalue weighted by atomic mass is 32.2. The molecule has 0 aliphatic heterocycles. The Balaban J connectivity index is 2.11. The molecule has 2 aromatic carbocycles. The molecule has 1 amide bonds. The molecule has 0 aliphatic rings. The summed E-state index contributed by atoms with van der Waals surface area (Å²) < 4.78 is 4.98. The molecular formula is C17H18N2O4S. The van der Waals surface area contributed by atoms with Gasteiger partial charge >= 0.3 is 0 Å². The summed E-state index contributed by atoms with van der Waals surface area (Å²) in [7, 11) is 1.43. The Hall–Kier alpha value is -2.54. The Kier molecular flexibility index (Phi) is 5.81. The van der Waals surface area contributed by atoms with E-state index in [-0.39, 0.29) is 17.3 Å². The van der Waals surface area contributed by atoms with Crippen molar-refractivity contribution < 1.29 is 14.5 Å². The number of carbonyl (C=O) groups is 1. The van der Waals surface area contributed by atoms with Crippen molar-refractivity contribution in [1.82, 2.24) is 0 Å². The van der Waals surface area contributed by atoms with Gasteiger partial charge in [-0.25, -0.2) is 0 Å². The second kappa shape index (κ2) is 7.83. The molecular weight excluding hydrogens is 328 g/mol. The van der Waals surface area contributed by atoms with E-state index in [1.54, 1.807) is 13.0 Å². The van der Waals surface area contributed by atoms with E-state index in [4.69, 9.17) is 4.74 Å². The molecule has 6 nitrogen and oxygen atoms in total. The Labute approximate surface area is 144 Å². The predicted molar refractivity (Wildman–Crippen MR) is 94.8 cm³/mol. The summed E-state index contributed by atoms with van der Waals surface area (Å²) in [5, 5.41) is 13.4. The molecule has 0 bridgehead atoms. The van der Waals surface area contributed by atoms with Gasteiger partial charge in [-0.2, -0.15) is 0 Å². The molecule has 0 aromatic heterocycles. The first-order valence-corrected chi connectivity index (χ1v) is 8.15. The molecule has 126 valence electrons. The number of ether oxygens (including phenoxy) is 1. The Morgan fingerprint density at radius 3 is 2.50 bits per heavy atom. The van der Waals surface area contributed by atoms with Crippen molar-refractivity contribution in [2.24, 2.45) is 0 Å². The number of thioether (sulfide) groups is 1. The molecule has 0 aliphatic carbocycles. The largest absolute Gasteiger partial charge is 0.496 e. The zero-order chi connectivity index (χ0) is 17.7. The van der Waals surface area contributed by atoms with Crippen LogP contribution in [0.15, 0.2) is 47.4 Å². The van der Waals surface area contributed by atoms with Crippen LogP contribution in [0.3, 0.4) is 0 Å². The van der Waals surface area contributed by atoms with E-state index in [2.05, 4.69) is 5.32 Å². The van der Waals surface area contributed by atoms with Crippen LogP contribution in [-0.4, -0.2) is 23.2 Å². The molecule has 1 atom stereocenters. The Bertz CT molecular complexity index is 747. The van der Waals surface area contributed by atoms with Crippen LogP contribution >= 0.6 is 11.8 Å². The molecule has 1 N–H and O–H groups in total. The minimum absolute atomic E-state index is 0.155. The molecule has 0 saturated heterocycles. The molecule has 0 heterocycles. The number of hydrogen-bond donors (Lipinski definition) is 1. The summed E-state index contributed by atoms with van der Waals surface area (Å²) in [6, 6.07) is 12.2. The Morgan fingerprint density at radius 1 is 1.25 bits per heavy atom. The number of hydrogen-bond acceptors (Lipinski definition) is 5. The average Bonchev–Trinajstić information content (AvgIpc) is 2.57. The molecule has 7 heteroatoms. The number of nitro benzene ring substituents is 1. The van der Waals surface area contributed by atoms with Crippen LogP contribution in [0.4, 0.5) is 11.4 Å². The molecule has 24 heavy (non-hydrogen) atoms. The maximum Gasteiger partial charge on any atom is 0.296 e. The van der Waals surface area contributed by atoms with Gasteiger partial charge in [0.25, 0.3) is 5.69 Å². The lowest BCUT2D eigenvalue weighted by Crippen LogP contribution is -2.22. The summed E-state index contributed by atoms with van der Waals surface area (Å²) >= 11 is 1.39. The summed E-state index contributed by atoms with van der Waals surface area (Å²) in [6.07, 6.45) is 0. The van der Waals surface area contributed by atoms with E-state index in [1.807, 2.05) is 31.2 Å². The fraction of sp³-hybridized carbons (Fsp3) is 0.235. The number of rotatable bonds is 6. The van der Waals surface area contributed by atoms with Crippen molar-refractivity contribution >= 4 is 29.0 Å². The SMILES string of the molecule is COc1ccc(NC(=O)[C@H](C)Sc2ccc(C)cc2)c([N+](=O)[O-])c1. The van der Waals surface area contributed by atoms with Gasteiger partial charge in [-0.15, -0.1) is 11.8 Å². The van der Waals surface area contributed by atoms with Crippen LogP contribution < -0.4 is 10.1 Å². The zero-order valence-electron chi connectivity index (χ0n) is 13.6. The molecule has 0 fully saturated rings. The first kappa shape index (κ1) is 17.8. The van der Waals surface area contributed by atoms with Gasteiger partial charge in [0, 0.05) is 4.90 Å². The maximum atomic E-state index is 12.3. The number of nitrogens with zero attached hydrogens (tertiary/aromatic N) is 1. The van der Waals surface area contributed by atoms with Crippen LogP contribution in [0, 0.1) is 17.0 Å². The summed E-state index contributed by atoms with van der Waals surface area (Å²) in [5.74, 6) is 0.0654. The number of aryl methyl sites for hydroxylation is 1. The van der Waals surface area contributed by atoms with Crippen molar-refractivity contribution in [2.75, 3.05) is 12.4 Å². The average molecular weight is 346 g/mol. The lowest BCUT2D eigenvalue weighted by molar-refractivity contribution is -0.384. The predicted octanol–water partition coefficient (Wildman–Crippen LogP) is 4.03. The molecule has 2 aromatic rings. The first-order valence-electron chi connectivity index (χ1n) is 7.27. The van der Waals surface area contributed by atoms with Crippen molar-refractivity contribution in [3.05, 3.63) is 58.1 Å². The van der Waals surface area contributed by atoms with E-state index in [0.29, 0.717) is 5.75 Å². The number of nitrogens with one attached hydrogen (secondary N) is 1. The highest BCUT2D eigenvalue weighted by Crippen LogP contribution is 2.30. The molecule has 0 unspecified atom stereocenters. The first-order chi connectivity index (χ1) is 11.4. The standard InChI is InChI=1S/C17H18N2O4S/c1-11-4-7-14(8-5-11)24-12(2)17(20)18-15-9-6-13(23-3)10-16(15)19(21)22/h4-10,12H,1-3H3,(H,18,20)/t12-/m0/s1. The lowest BCUT2D eigenvalue weighted by atomic mass is 10.2. The fourth-order valence-corrected chi connectivity index (χ4v) is 2.87. The third-order valence-electron chi connectivity index (χ3n) is 3.36. The normalized spacial score (nSPS) is 11.6. The van der Waals surface area contributed by atoms with E-state index in [9.17, 15) is 14.9 Å². The maximum absolute atomic E-state index is 12.3.